The van der Waals surface area contributed by atoms with Gasteiger partial charge in [-0.05, 0) is 23.3 Å². The topological polar surface area (TPSA) is 55.8 Å². The Morgan fingerprint density at radius 1 is 0.929 bits per heavy atom. The van der Waals surface area contributed by atoms with Crippen LogP contribution >= 0.6 is 15.9 Å². The van der Waals surface area contributed by atoms with Crippen LogP contribution in [0.2, 0.25) is 0 Å². The highest BCUT2D eigenvalue weighted by Crippen LogP contribution is 2.38. The molecule has 5 nitrogen and oxygen atoms in total. The zero-order valence-electron chi connectivity index (χ0n) is 15.6. The molecule has 144 valence electrons. The molecule has 2 aromatic rings. The molecule has 0 aromatic heterocycles. The Balaban J connectivity index is 2.08. The van der Waals surface area contributed by atoms with Crippen molar-refractivity contribution in [1.29, 1.82) is 0 Å². The van der Waals surface area contributed by atoms with Gasteiger partial charge in [-0.15, -0.1) is 0 Å². The molecule has 2 aromatic carbocycles. The zero-order chi connectivity index (χ0) is 20.1. The summed E-state index contributed by atoms with van der Waals surface area (Å²) in [6.45, 7) is 0.507. The largest absolute Gasteiger partial charge is 0.466 e. The van der Waals surface area contributed by atoms with Crippen molar-refractivity contribution in [2.24, 2.45) is 0 Å². The summed E-state index contributed by atoms with van der Waals surface area (Å²) in [5, 5.41) is 0. The van der Waals surface area contributed by atoms with E-state index >= 15 is 0 Å². The molecular weight excluding hydrogens is 422 g/mol. The summed E-state index contributed by atoms with van der Waals surface area (Å²) in [6.07, 6.45) is 3.47. The minimum Gasteiger partial charge on any atom is -0.466 e. The summed E-state index contributed by atoms with van der Waals surface area (Å²) in [5.41, 5.74) is 2.59. The van der Waals surface area contributed by atoms with Crippen molar-refractivity contribution in [2.45, 2.75) is 12.5 Å². The molecule has 1 heterocycles. The molecule has 0 bridgehead atoms. The van der Waals surface area contributed by atoms with Crippen LogP contribution < -0.4 is 0 Å². The first-order valence-electron chi connectivity index (χ1n) is 8.68. The van der Waals surface area contributed by atoms with Crippen LogP contribution in [-0.4, -0.2) is 31.1 Å². The minimum absolute atomic E-state index is 0.374. The quantitative estimate of drug-likeness (QED) is 0.651. The van der Waals surface area contributed by atoms with Crippen molar-refractivity contribution < 1.29 is 19.1 Å². The van der Waals surface area contributed by atoms with E-state index in [-0.39, 0.29) is 0 Å². The summed E-state index contributed by atoms with van der Waals surface area (Å²) in [7, 11) is 2.66. The molecule has 0 amide bonds. The number of halogens is 1. The number of carbonyl (C=O) groups excluding carboxylic acids is 2. The lowest BCUT2D eigenvalue weighted by molar-refractivity contribution is -0.137. The van der Waals surface area contributed by atoms with E-state index in [1.54, 1.807) is 12.4 Å². The summed E-state index contributed by atoms with van der Waals surface area (Å²) >= 11 is 3.45. The summed E-state index contributed by atoms with van der Waals surface area (Å²) in [5.74, 6) is -1.56. The number of esters is 2. The summed E-state index contributed by atoms with van der Waals surface area (Å²) in [4.78, 5) is 27.0. The fourth-order valence-corrected chi connectivity index (χ4v) is 3.64. The predicted molar refractivity (Wildman–Crippen MR) is 109 cm³/mol. The van der Waals surface area contributed by atoms with Crippen LogP contribution in [0.3, 0.4) is 0 Å². The highest BCUT2D eigenvalue weighted by atomic mass is 79.9. The van der Waals surface area contributed by atoms with Gasteiger partial charge in [-0.2, -0.15) is 0 Å². The van der Waals surface area contributed by atoms with E-state index in [1.165, 1.54) is 14.2 Å². The van der Waals surface area contributed by atoms with Gasteiger partial charge in [0.05, 0.1) is 31.3 Å². The number of hydrogen-bond donors (Lipinski definition) is 0. The highest BCUT2D eigenvalue weighted by Gasteiger charge is 2.35. The van der Waals surface area contributed by atoms with Crippen LogP contribution in [0.4, 0.5) is 0 Å². The molecule has 0 N–H and O–H groups in total. The van der Waals surface area contributed by atoms with Crippen LogP contribution in [-0.2, 0) is 25.6 Å². The molecule has 1 aliphatic heterocycles. The number of carbonyl (C=O) groups is 2. The SMILES string of the molecule is COC(=O)C1=CN(Cc2ccccc2)C=C(C(=O)OC)C1c1cccc(Br)c1. The van der Waals surface area contributed by atoms with Gasteiger partial charge in [-0.1, -0.05) is 58.4 Å². The molecule has 3 rings (SSSR count). The Bertz CT molecular complexity index is 903. The zero-order valence-corrected chi connectivity index (χ0v) is 17.2. The van der Waals surface area contributed by atoms with E-state index in [1.807, 2.05) is 59.5 Å². The highest BCUT2D eigenvalue weighted by molar-refractivity contribution is 9.10. The van der Waals surface area contributed by atoms with Gasteiger partial charge < -0.3 is 14.4 Å². The first-order valence-corrected chi connectivity index (χ1v) is 9.48. The van der Waals surface area contributed by atoms with Crippen LogP contribution in [0.1, 0.15) is 17.0 Å². The lowest BCUT2D eigenvalue weighted by atomic mass is 9.83. The van der Waals surface area contributed by atoms with E-state index in [0.717, 1.165) is 15.6 Å². The van der Waals surface area contributed by atoms with Crippen molar-refractivity contribution in [3.05, 3.63) is 93.7 Å². The average molecular weight is 442 g/mol. The number of ether oxygens (including phenoxy) is 2. The van der Waals surface area contributed by atoms with Crippen LogP contribution in [0.15, 0.2) is 82.6 Å². The molecule has 0 fully saturated rings. The molecule has 0 saturated heterocycles. The number of rotatable bonds is 5. The van der Waals surface area contributed by atoms with Crippen LogP contribution in [0.25, 0.3) is 0 Å². The first-order chi connectivity index (χ1) is 13.5. The lowest BCUT2D eigenvalue weighted by Crippen LogP contribution is -2.28. The van der Waals surface area contributed by atoms with Gasteiger partial charge >= 0.3 is 11.9 Å². The van der Waals surface area contributed by atoms with Gasteiger partial charge in [0, 0.05) is 23.4 Å². The van der Waals surface area contributed by atoms with Crippen LogP contribution in [0, 0.1) is 0 Å². The summed E-state index contributed by atoms with van der Waals surface area (Å²) < 4.78 is 10.9. The third kappa shape index (κ3) is 4.34. The summed E-state index contributed by atoms with van der Waals surface area (Å²) in [6, 6.07) is 17.3. The van der Waals surface area contributed by atoms with Gasteiger partial charge in [0.1, 0.15) is 0 Å². The van der Waals surface area contributed by atoms with E-state index in [9.17, 15) is 9.59 Å². The van der Waals surface area contributed by atoms with Gasteiger partial charge in [0.15, 0.2) is 0 Å². The second-order valence-corrected chi connectivity index (χ2v) is 7.21. The second-order valence-electron chi connectivity index (χ2n) is 6.30. The second kappa shape index (κ2) is 8.89. The standard InChI is InChI=1S/C22H20BrNO4/c1-27-21(25)18-13-24(12-15-7-4-3-5-8-15)14-19(22(26)28-2)20(18)16-9-6-10-17(23)11-16/h3-11,13-14,20H,12H2,1-2H3. The van der Waals surface area contributed by atoms with E-state index in [0.29, 0.717) is 17.7 Å². The normalized spacial score (nSPS) is 14.2. The number of benzene rings is 2. The Morgan fingerprint density at radius 3 is 2.07 bits per heavy atom. The fourth-order valence-electron chi connectivity index (χ4n) is 3.22. The van der Waals surface area contributed by atoms with Crippen molar-refractivity contribution in [3.63, 3.8) is 0 Å². The van der Waals surface area contributed by atoms with Crippen molar-refractivity contribution in [3.8, 4) is 0 Å². The third-order valence-electron chi connectivity index (χ3n) is 4.46. The Hall–Kier alpha value is -2.86. The van der Waals surface area contributed by atoms with E-state index < -0.39 is 17.9 Å². The van der Waals surface area contributed by atoms with Gasteiger partial charge in [0.25, 0.3) is 0 Å². The van der Waals surface area contributed by atoms with Crippen LogP contribution in [0.5, 0.6) is 0 Å². The maximum Gasteiger partial charge on any atom is 0.336 e. The smallest absolute Gasteiger partial charge is 0.336 e. The molecular formula is C22H20BrNO4. The molecule has 28 heavy (non-hydrogen) atoms. The molecule has 1 aliphatic rings. The maximum atomic E-state index is 12.6. The molecule has 0 saturated carbocycles. The van der Waals surface area contributed by atoms with Crippen molar-refractivity contribution in [2.75, 3.05) is 14.2 Å². The Kier molecular flexibility index (Phi) is 6.31. The lowest BCUT2D eigenvalue weighted by Gasteiger charge is -2.30. The minimum atomic E-state index is -0.579. The van der Waals surface area contributed by atoms with Crippen molar-refractivity contribution in [1.82, 2.24) is 4.90 Å². The van der Waals surface area contributed by atoms with Gasteiger partial charge in [-0.25, -0.2) is 9.59 Å². The average Bonchev–Trinajstić information content (AvgIpc) is 2.72. The molecule has 0 radical (unpaired) electrons. The molecule has 0 spiro atoms. The molecule has 0 unspecified atom stereocenters. The number of hydrogen-bond acceptors (Lipinski definition) is 5. The Morgan fingerprint density at radius 2 is 1.54 bits per heavy atom. The van der Waals surface area contributed by atoms with Crippen molar-refractivity contribution >= 4 is 27.9 Å². The first kappa shape index (κ1) is 19.9. The van der Waals surface area contributed by atoms with Gasteiger partial charge in [-0.3, -0.25) is 0 Å². The Labute approximate surface area is 172 Å². The van der Waals surface area contributed by atoms with Gasteiger partial charge in [0.2, 0.25) is 0 Å². The monoisotopic (exact) mass is 441 g/mol. The number of nitrogens with zero attached hydrogens (tertiary/aromatic N) is 1. The van der Waals surface area contributed by atoms with E-state index in [2.05, 4.69) is 15.9 Å². The van der Waals surface area contributed by atoms with E-state index in [4.69, 9.17) is 9.47 Å². The fraction of sp³-hybridized carbons (Fsp3) is 0.182. The third-order valence-corrected chi connectivity index (χ3v) is 4.96. The molecule has 0 atom stereocenters. The predicted octanol–water partition coefficient (Wildman–Crippen LogP) is 4.16. The maximum absolute atomic E-state index is 12.6. The molecule has 6 heteroatoms. The number of methoxy groups -OCH3 is 2. The molecule has 0 aliphatic carbocycles.